The Balaban J connectivity index is 2.02. The Bertz CT molecular complexity index is 158. The molecule has 1 saturated carbocycles. The van der Waals surface area contributed by atoms with E-state index in [1.165, 1.54) is 12.8 Å². The summed E-state index contributed by atoms with van der Waals surface area (Å²) in [5.74, 6) is 0. The van der Waals surface area contributed by atoms with Gasteiger partial charge in [-0.15, -0.1) is 0 Å². The first-order valence-corrected chi connectivity index (χ1v) is 5.75. The van der Waals surface area contributed by atoms with Gasteiger partial charge in [0.2, 0.25) is 0 Å². The van der Waals surface area contributed by atoms with Gasteiger partial charge in [0, 0.05) is 19.2 Å². The highest BCUT2D eigenvalue weighted by Crippen LogP contribution is 2.28. The predicted molar refractivity (Wildman–Crippen MR) is 59.0 cm³/mol. The van der Waals surface area contributed by atoms with Crippen LogP contribution in [0.2, 0.25) is 0 Å². The van der Waals surface area contributed by atoms with Crippen molar-refractivity contribution >= 4 is 0 Å². The van der Waals surface area contributed by atoms with E-state index in [-0.39, 0.29) is 12.1 Å². The molecule has 0 atom stereocenters. The number of aliphatic hydroxyl groups excluding tert-OH is 1. The second-order valence-corrected chi connectivity index (χ2v) is 4.18. The van der Waals surface area contributed by atoms with Crippen molar-refractivity contribution in [3.63, 3.8) is 0 Å². The molecule has 1 rings (SSSR count). The Morgan fingerprint density at radius 3 is 2.53 bits per heavy atom. The van der Waals surface area contributed by atoms with Crippen LogP contribution in [0.5, 0.6) is 0 Å². The molecule has 0 aliphatic heterocycles. The van der Waals surface area contributed by atoms with E-state index in [4.69, 9.17) is 9.47 Å². The first kappa shape index (κ1) is 12.9. The maximum atomic E-state index is 9.33. The first-order valence-electron chi connectivity index (χ1n) is 5.75. The van der Waals surface area contributed by atoms with Crippen molar-refractivity contribution < 1.29 is 14.6 Å². The summed E-state index contributed by atoms with van der Waals surface area (Å²) >= 11 is 0. The Morgan fingerprint density at radius 1 is 1.20 bits per heavy atom. The minimum Gasteiger partial charge on any atom is -0.394 e. The fourth-order valence-corrected chi connectivity index (χ4v) is 2.08. The molecular weight excluding hydrogens is 194 g/mol. The smallest absolute Gasteiger partial charge is 0.0700 e. The average molecular weight is 217 g/mol. The number of nitrogens with one attached hydrogen (secondary N) is 1. The molecule has 0 spiro atoms. The van der Waals surface area contributed by atoms with Gasteiger partial charge in [-0.05, 0) is 12.8 Å². The monoisotopic (exact) mass is 217 g/mol. The fraction of sp³-hybridized carbons (Fsp3) is 1.00. The average Bonchev–Trinajstić information content (AvgIpc) is 2.73. The van der Waals surface area contributed by atoms with Crippen molar-refractivity contribution in [2.75, 3.05) is 40.1 Å². The molecule has 0 aromatic carbocycles. The van der Waals surface area contributed by atoms with Crippen LogP contribution in [0.15, 0.2) is 0 Å². The molecular formula is C11H23NO3. The quantitative estimate of drug-likeness (QED) is 0.583. The van der Waals surface area contributed by atoms with Gasteiger partial charge in [-0.1, -0.05) is 12.8 Å². The molecule has 1 aliphatic carbocycles. The van der Waals surface area contributed by atoms with Crippen LogP contribution in [0, 0.1) is 0 Å². The topological polar surface area (TPSA) is 50.7 Å². The standard InChI is InChI=1S/C11H23NO3/c1-14-8-9-15-7-6-12-11(10-13)4-2-3-5-11/h12-13H,2-10H2,1H3. The molecule has 2 N–H and O–H groups in total. The normalized spacial score (nSPS) is 19.6. The SMILES string of the molecule is COCCOCCNC1(CO)CCCC1. The Labute approximate surface area is 92.0 Å². The van der Waals surface area contributed by atoms with Gasteiger partial charge >= 0.3 is 0 Å². The zero-order valence-electron chi connectivity index (χ0n) is 9.63. The fourth-order valence-electron chi connectivity index (χ4n) is 2.08. The highest BCUT2D eigenvalue weighted by molar-refractivity contribution is 4.91. The van der Waals surface area contributed by atoms with Gasteiger partial charge in [0.1, 0.15) is 0 Å². The molecule has 0 radical (unpaired) electrons. The minimum atomic E-state index is -0.0232. The van der Waals surface area contributed by atoms with E-state index in [2.05, 4.69) is 5.32 Å². The Hall–Kier alpha value is -0.160. The molecule has 4 heteroatoms. The third-order valence-corrected chi connectivity index (χ3v) is 3.04. The number of hydrogen-bond donors (Lipinski definition) is 2. The number of methoxy groups -OCH3 is 1. The molecule has 0 amide bonds. The van der Waals surface area contributed by atoms with Crippen LogP contribution in [-0.4, -0.2) is 50.7 Å². The lowest BCUT2D eigenvalue weighted by Gasteiger charge is -2.28. The molecule has 0 aromatic heterocycles. The number of hydrogen-bond acceptors (Lipinski definition) is 4. The lowest BCUT2D eigenvalue weighted by molar-refractivity contribution is 0.0654. The molecule has 0 saturated heterocycles. The van der Waals surface area contributed by atoms with Crippen LogP contribution in [0.4, 0.5) is 0 Å². The van der Waals surface area contributed by atoms with E-state index in [0.29, 0.717) is 19.8 Å². The summed E-state index contributed by atoms with van der Waals surface area (Å²) in [6.07, 6.45) is 4.61. The molecule has 0 heterocycles. The van der Waals surface area contributed by atoms with Crippen molar-refractivity contribution in [1.29, 1.82) is 0 Å². The lowest BCUT2D eigenvalue weighted by atomic mass is 9.99. The summed E-state index contributed by atoms with van der Waals surface area (Å²) in [6.45, 7) is 3.02. The first-order chi connectivity index (χ1) is 7.33. The summed E-state index contributed by atoms with van der Waals surface area (Å²) in [5, 5.41) is 12.7. The van der Waals surface area contributed by atoms with Crippen LogP contribution < -0.4 is 5.32 Å². The Morgan fingerprint density at radius 2 is 1.93 bits per heavy atom. The number of aliphatic hydroxyl groups is 1. The summed E-state index contributed by atoms with van der Waals surface area (Å²) < 4.78 is 10.2. The zero-order chi connectivity index (χ0) is 11.0. The van der Waals surface area contributed by atoms with E-state index in [1.54, 1.807) is 7.11 Å². The van der Waals surface area contributed by atoms with Crippen molar-refractivity contribution in [1.82, 2.24) is 5.32 Å². The van der Waals surface area contributed by atoms with Gasteiger partial charge in [-0.25, -0.2) is 0 Å². The maximum Gasteiger partial charge on any atom is 0.0700 e. The highest BCUT2D eigenvalue weighted by atomic mass is 16.5. The minimum absolute atomic E-state index is 0.0232. The third-order valence-electron chi connectivity index (χ3n) is 3.04. The van der Waals surface area contributed by atoms with Gasteiger partial charge in [0.25, 0.3) is 0 Å². The van der Waals surface area contributed by atoms with E-state index in [1.807, 2.05) is 0 Å². The van der Waals surface area contributed by atoms with Gasteiger partial charge in [0.15, 0.2) is 0 Å². The lowest BCUT2D eigenvalue weighted by Crippen LogP contribution is -2.47. The molecule has 1 aliphatic rings. The summed E-state index contributed by atoms with van der Waals surface area (Å²) in [5.41, 5.74) is -0.0232. The molecule has 0 bridgehead atoms. The molecule has 0 unspecified atom stereocenters. The molecule has 15 heavy (non-hydrogen) atoms. The maximum absolute atomic E-state index is 9.33. The van der Waals surface area contributed by atoms with Crippen molar-refractivity contribution in [2.45, 2.75) is 31.2 Å². The van der Waals surface area contributed by atoms with Crippen LogP contribution in [0.25, 0.3) is 0 Å². The summed E-state index contributed by atoms with van der Waals surface area (Å²) in [4.78, 5) is 0. The van der Waals surface area contributed by atoms with Gasteiger partial charge < -0.3 is 19.9 Å². The van der Waals surface area contributed by atoms with E-state index in [9.17, 15) is 5.11 Å². The number of rotatable bonds is 8. The van der Waals surface area contributed by atoms with Gasteiger partial charge in [0.05, 0.1) is 26.4 Å². The Kier molecular flexibility index (Phi) is 6.17. The van der Waals surface area contributed by atoms with E-state index >= 15 is 0 Å². The van der Waals surface area contributed by atoms with Crippen LogP contribution in [0.3, 0.4) is 0 Å². The molecule has 1 fully saturated rings. The van der Waals surface area contributed by atoms with Crippen molar-refractivity contribution in [3.8, 4) is 0 Å². The summed E-state index contributed by atoms with van der Waals surface area (Å²) in [7, 11) is 1.67. The second kappa shape index (κ2) is 7.17. The van der Waals surface area contributed by atoms with Crippen LogP contribution in [0.1, 0.15) is 25.7 Å². The van der Waals surface area contributed by atoms with Gasteiger partial charge in [-0.3, -0.25) is 0 Å². The third kappa shape index (κ3) is 4.47. The van der Waals surface area contributed by atoms with Crippen LogP contribution in [-0.2, 0) is 9.47 Å². The van der Waals surface area contributed by atoms with E-state index < -0.39 is 0 Å². The zero-order valence-corrected chi connectivity index (χ0v) is 9.63. The molecule has 90 valence electrons. The highest BCUT2D eigenvalue weighted by Gasteiger charge is 2.31. The van der Waals surface area contributed by atoms with Crippen LogP contribution >= 0.6 is 0 Å². The second-order valence-electron chi connectivity index (χ2n) is 4.18. The predicted octanol–water partition coefficient (Wildman–Crippen LogP) is 0.544. The summed E-state index contributed by atoms with van der Waals surface area (Å²) in [6, 6.07) is 0. The van der Waals surface area contributed by atoms with Crippen molar-refractivity contribution in [3.05, 3.63) is 0 Å². The largest absolute Gasteiger partial charge is 0.394 e. The van der Waals surface area contributed by atoms with Crippen molar-refractivity contribution in [2.24, 2.45) is 0 Å². The number of ether oxygens (including phenoxy) is 2. The molecule has 4 nitrogen and oxygen atoms in total. The van der Waals surface area contributed by atoms with E-state index in [0.717, 1.165) is 19.4 Å². The molecule has 0 aromatic rings. The van der Waals surface area contributed by atoms with Gasteiger partial charge in [-0.2, -0.15) is 0 Å².